The molecule has 4 aromatic rings. The van der Waals surface area contributed by atoms with Crippen molar-refractivity contribution in [3.8, 4) is 28.3 Å². The number of hydrogen-bond acceptors (Lipinski definition) is 5. The first-order valence-electron chi connectivity index (χ1n) is 12.0. The highest BCUT2D eigenvalue weighted by molar-refractivity contribution is 7.90. The van der Waals surface area contributed by atoms with E-state index < -0.39 is 32.3 Å². The van der Waals surface area contributed by atoms with Gasteiger partial charge < -0.3 is 14.6 Å². The number of carbonyl (C=O) groups excluding carboxylic acids is 1. The molecule has 1 N–H and O–H groups in total. The van der Waals surface area contributed by atoms with E-state index in [2.05, 4.69) is 9.97 Å². The molecule has 0 fully saturated rings. The second kappa shape index (κ2) is 10.0. The maximum absolute atomic E-state index is 15.1. The topological polar surface area (TPSA) is 92.4 Å². The number of hydrogen-bond donors (Lipinski definition) is 1. The van der Waals surface area contributed by atoms with Gasteiger partial charge in [-0.15, -0.1) is 0 Å². The lowest BCUT2D eigenvalue weighted by Crippen LogP contribution is -2.33. The molecule has 10 heteroatoms. The second-order valence-corrected chi connectivity index (χ2v) is 11.0. The zero-order chi connectivity index (χ0) is 27.0. The molecule has 1 amide bonds. The number of aromatic nitrogens is 2. The van der Waals surface area contributed by atoms with E-state index in [1.54, 1.807) is 49.6 Å². The SMILES string of the molecule is CCc1c(C(=O)N2CCOc3ccc(-c4ccc(-c5ncc[nH]5)cc4F)cc3C2)ccc(S(C)(=O)=O)c1F. The van der Waals surface area contributed by atoms with Crippen LogP contribution in [0.4, 0.5) is 8.78 Å². The number of rotatable bonds is 5. The van der Waals surface area contributed by atoms with Gasteiger partial charge in [-0.1, -0.05) is 25.1 Å². The van der Waals surface area contributed by atoms with Crippen LogP contribution in [0.25, 0.3) is 22.5 Å². The van der Waals surface area contributed by atoms with E-state index in [4.69, 9.17) is 4.74 Å². The van der Waals surface area contributed by atoms with E-state index in [1.165, 1.54) is 17.0 Å². The highest BCUT2D eigenvalue weighted by atomic mass is 32.2. The smallest absolute Gasteiger partial charge is 0.254 e. The normalized spacial score (nSPS) is 13.5. The Hall–Kier alpha value is -4.05. The maximum atomic E-state index is 15.1. The number of carbonyl (C=O) groups is 1. The Labute approximate surface area is 219 Å². The third kappa shape index (κ3) is 4.79. The van der Waals surface area contributed by atoms with Gasteiger partial charge in [-0.3, -0.25) is 4.79 Å². The molecule has 0 saturated heterocycles. The van der Waals surface area contributed by atoms with Crippen molar-refractivity contribution >= 4 is 15.7 Å². The second-order valence-electron chi connectivity index (χ2n) is 9.06. The Morgan fingerprint density at radius 2 is 1.89 bits per heavy atom. The molecular weight excluding hydrogens is 512 g/mol. The van der Waals surface area contributed by atoms with E-state index >= 15 is 8.78 Å². The molecule has 2 heterocycles. The number of H-pyrrole nitrogens is 1. The molecule has 38 heavy (non-hydrogen) atoms. The third-order valence-corrected chi connectivity index (χ3v) is 7.68. The summed E-state index contributed by atoms with van der Waals surface area (Å²) in [6.45, 7) is 2.29. The van der Waals surface area contributed by atoms with Gasteiger partial charge in [0.05, 0.1) is 6.54 Å². The number of sulfone groups is 1. The van der Waals surface area contributed by atoms with Gasteiger partial charge in [-0.05, 0) is 42.3 Å². The average Bonchev–Trinajstić information content (AvgIpc) is 3.34. The van der Waals surface area contributed by atoms with Gasteiger partial charge in [0.1, 0.15) is 34.7 Å². The van der Waals surface area contributed by atoms with Crippen LogP contribution in [0, 0.1) is 11.6 Å². The van der Waals surface area contributed by atoms with Crippen molar-refractivity contribution in [1.82, 2.24) is 14.9 Å². The van der Waals surface area contributed by atoms with Crippen LogP contribution in [-0.4, -0.2) is 48.6 Å². The first kappa shape index (κ1) is 25.6. The fourth-order valence-corrected chi connectivity index (χ4v) is 5.42. The van der Waals surface area contributed by atoms with Crippen molar-refractivity contribution in [3.05, 3.63) is 89.2 Å². The molecule has 0 bridgehead atoms. The Morgan fingerprint density at radius 3 is 2.58 bits per heavy atom. The highest BCUT2D eigenvalue weighted by Crippen LogP contribution is 2.33. The minimum Gasteiger partial charge on any atom is -0.491 e. The molecule has 5 rings (SSSR count). The van der Waals surface area contributed by atoms with Crippen molar-refractivity contribution in [2.75, 3.05) is 19.4 Å². The number of nitrogens with one attached hydrogen (secondary N) is 1. The van der Waals surface area contributed by atoms with Gasteiger partial charge in [0.2, 0.25) is 0 Å². The van der Waals surface area contributed by atoms with Crippen LogP contribution < -0.4 is 4.74 Å². The van der Waals surface area contributed by atoms with Gasteiger partial charge in [0.15, 0.2) is 9.84 Å². The lowest BCUT2D eigenvalue weighted by Gasteiger charge is -2.22. The minimum absolute atomic E-state index is 0.0517. The highest BCUT2D eigenvalue weighted by Gasteiger charge is 2.27. The molecule has 0 radical (unpaired) electrons. The Kier molecular flexibility index (Phi) is 6.75. The van der Waals surface area contributed by atoms with E-state index in [0.29, 0.717) is 33.8 Å². The molecule has 1 aromatic heterocycles. The van der Waals surface area contributed by atoms with E-state index in [-0.39, 0.29) is 37.2 Å². The van der Waals surface area contributed by atoms with Crippen molar-refractivity contribution in [2.45, 2.75) is 24.8 Å². The molecule has 0 spiro atoms. The number of nitrogens with zero attached hydrogens (tertiary/aromatic N) is 2. The Morgan fingerprint density at radius 1 is 1.11 bits per heavy atom. The number of benzene rings is 3. The molecular formula is C28H25F2N3O4S. The number of ether oxygens (including phenoxy) is 1. The molecule has 0 aliphatic carbocycles. The molecule has 196 valence electrons. The van der Waals surface area contributed by atoms with Crippen LogP contribution >= 0.6 is 0 Å². The van der Waals surface area contributed by atoms with Gasteiger partial charge in [-0.25, -0.2) is 22.2 Å². The summed E-state index contributed by atoms with van der Waals surface area (Å²) < 4.78 is 59.9. The molecule has 1 aliphatic heterocycles. The summed E-state index contributed by atoms with van der Waals surface area (Å²) in [7, 11) is -3.79. The van der Waals surface area contributed by atoms with E-state index in [0.717, 1.165) is 12.3 Å². The number of imidazole rings is 1. The summed E-state index contributed by atoms with van der Waals surface area (Å²) >= 11 is 0. The maximum Gasteiger partial charge on any atom is 0.254 e. The summed E-state index contributed by atoms with van der Waals surface area (Å²) in [6, 6.07) is 12.6. The fourth-order valence-electron chi connectivity index (χ4n) is 4.66. The monoisotopic (exact) mass is 537 g/mol. The molecule has 1 aliphatic rings. The molecule has 0 unspecified atom stereocenters. The van der Waals surface area contributed by atoms with Crippen LogP contribution in [0.1, 0.15) is 28.4 Å². The largest absolute Gasteiger partial charge is 0.491 e. The van der Waals surface area contributed by atoms with Crippen LogP contribution in [0.2, 0.25) is 0 Å². The number of aromatic amines is 1. The predicted octanol–water partition coefficient (Wildman–Crippen LogP) is 5.02. The fraction of sp³-hybridized carbons (Fsp3) is 0.214. The molecule has 7 nitrogen and oxygen atoms in total. The zero-order valence-electron chi connectivity index (χ0n) is 20.8. The van der Waals surface area contributed by atoms with Gasteiger partial charge in [0.25, 0.3) is 5.91 Å². The molecule has 3 aromatic carbocycles. The van der Waals surface area contributed by atoms with E-state index in [9.17, 15) is 13.2 Å². The summed E-state index contributed by atoms with van der Waals surface area (Å²) in [6.07, 6.45) is 4.34. The Balaban J connectivity index is 1.46. The average molecular weight is 538 g/mol. The lowest BCUT2D eigenvalue weighted by atomic mass is 9.99. The summed E-state index contributed by atoms with van der Waals surface area (Å²) in [5.41, 5.74) is 2.45. The van der Waals surface area contributed by atoms with Crippen LogP contribution in [0.5, 0.6) is 5.75 Å². The van der Waals surface area contributed by atoms with Crippen LogP contribution in [0.3, 0.4) is 0 Å². The molecule has 0 saturated carbocycles. The first-order valence-corrected chi connectivity index (χ1v) is 13.9. The number of halogens is 2. The van der Waals surface area contributed by atoms with Crippen molar-refractivity contribution in [3.63, 3.8) is 0 Å². The Bertz CT molecular complexity index is 1640. The zero-order valence-corrected chi connectivity index (χ0v) is 21.6. The van der Waals surface area contributed by atoms with Crippen molar-refractivity contribution in [1.29, 1.82) is 0 Å². The lowest BCUT2D eigenvalue weighted by molar-refractivity contribution is 0.0731. The van der Waals surface area contributed by atoms with E-state index in [1.807, 2.05) is 0 Å². The number of fused-ring (bicyclic) bond motifs is 1. The van der Waals surface area contributed by atoms with Crippen molar-refractivity contribution < 1.29 is 26.7 Å². The summed E-state index contributed by atoms with van der Waals surface area (Å²) in [5, 5.41) is 0. The quantitative estimate of drug-likeness (QED) is 0.386. The summed E-state index contributed by atoms with van der Waals surface area (Å²) in [4.78, 5) is 21.7. The minimum atomic E-state index is -3.79. The van der Waals surface area contributed by atoms with Gasteiger partial charge >= 0.3 is 0 Å². The van der Waals surface area contributed by atoms with Crippen LogP contribution in [0.15, 0.2) is 65.8 Å². The van der Waals surface area contributed by atoms with Gasteiger partial charge in [-0.2, -0.15) is 0 Å². The standard InChI is InChI=1S/C28H25F2N3O4S/c1-3-20-22(7-9-25(26(20)30)38(2,35)36)28(34)33-12-13-37-24-8-5-17(14-19(24)16-33)21-6-4-18(15-23(21)29)27-31-10-11-32-27/h4-11,14-15H,3,12-13,16H2,1-2H3,(H,31,32). The molecule has 0 atom stereocenters. The summed E-state index contributed by atoms with van der Waals surface area (Å²) in [5.74, 6) is -0.617. The first-order chi connectivity index (χ1) is 18.2. The third-order valence-electron chi connectivity index (χ3n) is 6.57. The van der Waals surface area contributed by atoms with Crippen molar-refractivity contribution in [2.24, 2.45) is 0 Å². The van der Waals surface area contributed by atoms with Gasteiger partial charge in [0, 0.05) is 53.0 Å². The predicted molar refractivity (Wildman–Crippen MR) is 139 cm³/mol. The van der Waals surface area contributed by atoms with Crippen LogP contribution in [-0.2, 0) is 22.8 Å². The number of amides is 1.